The van der Waals surface area contributed by atoms with Crippen LogP contribution in [0.25, 0.3) is 0 Å². The minimum Gasteiger partial charge on any atom is -0.488 e. The Bertz CT molecular complexity index is 578. The van der Waals surface area contributed by atoms with E-state index in [0.29, 0.717) is 11.8 Å². The number of halogens is 1. The summed E-state index contributed by atoms with van der Waals surface area (Å²) in [5.74, 6) is 0.773. The normalized spacial score (nSPS) is 10.7. The number of benzene rings is 1. The van der Waals surface area contributed by atoms with Gasteiger partial charge in [0, 0.05) is 23.9 Å². The summed E-state index contributed by atoms with van der Waals surface area (Å²) in [7, 11) is 1.81. The number of rotatable bonds is 3. The van der Waals surface area contributed by atoms with E-state index in [1.165, 1.54) is 0 Å². The minimum absolute atomic E-state index is 0.392. The van der Waals surface area contributed by atoms with Gasteiger partial charge in [0.05, 0.1) is 5.69 Å². The van der Waals surface area contributed by atoms with Crippen molar-refractivity contribution in [2.45, 2.75) is 20.5 Å². The number of hydrogen-bond donors (Lipinski definition) is 1. The number of ether oxygens (including phenoxy) is 1. The van der Waals surface area contributed by atoms with Crippen LogP contribution in [-0.4, -0.2) is 9.78 Å². The van der Waals surface area contributed by atoms with Crippen molar-refractivity contribution in [1.29, 1.82) is 0 Å². The SMILES string of the molecule is Cc1nn(C)c(Cl)c1COc1cccc(N)c1C. The predicted molar refractivity (Wildman–Crippen MR) is 72.9 cm³/mol. The summed E-state index contributed by atoms with van der Waals surface area (Å²) in [6.45, 7) is 4.24. The summed E-state index contributed by atoms with van der Waals surface area (Å²) >= 11 is 6.15. The summed E-state index contributed by atoms with van der Waals surface area (Å²) in [6, 6.07) is 5.62. The lowest BCUT2D eigenvalue weighted by atomic mass is 10.2. The van der Waals surface area contributed by atoms with Gasteiger partial charge in [0.1, 0.15) is 17.5 Å². The van der Waals surface area contributed by atoms with Crippen LogP contribution in [0.1, 0.15) is 16.8 Å². The van der Waals surface area contributed by atoms with Gasteiger partial charge >= 0.3 is 0 Å². The van der Waals surface area contributed by atoms with Crippen molar-refractivity contribution in [2.24, 2.45) is 7.05 Å². The van der Waals surface area contributed by atoms with Crippen molar-refractivity contribution in [3.8, 4) is 5.75 Å². The van der Waals surface area contributed by atoms with Crippen LogP contribution in [0.15, 0.2) is 18.2 Å². The van der Waals surface area contributed by atoms with E-state index < -0.39 is 0 Å². The van der Waals surface area contributed by atoms with Crippen LogP contribution >= 0.6 is 11.6 Å². The van der Waals surface area contributed by atoms with Gasteiger partial charge in [-0.3, -0.25) is 4.68 Å². The molecule has 1 heterocycles. The van der Waals surface area contributed by atoms with E-state index in [2.05, 4.69) is 5.10 Å². The Morgan fingerprint density at radius 2 is 2.11 bits per heavy atom. The quantitative estimate of drug-likeness (QED) is 0.869. The van der Waals surface area contributed by atoms with E-state index >= 15 is 0 Å². The van der Waals surface area contributed by atoms with E-state index in [-0.39, 0.29) is 0 Å². The van der Waals surface area contributed by atoms with Crippen LogP contribution in [0.5, 0.6) is 5.75 Å². The second-order valence-corrected chi connectivity index (χ2v) is 4.60. The lowest BCUT2D eigenvalue weighted by Gasteiger charge is -2.10. The Hall–Kier alpha value is -1.68. The van der Waals surface area contributed by atoms with Gasteiger partial charge < -0.3 is 10.5 Å². The maximum atomic E-state index is 6.15. The second-order valence-electron chi connectivity index (χ2n) is 4.24. The zero-order chi connectivity index (χ0) is 13.3. The first-order valence-corrected chi connectivity index (χ1v) is 6.04. The summed E-state index contributed by atoms with van der Waals surface area (Å²) in [6.07, 6.45) is 0. The lowest BCUT2D eigenvalue weighted by molar-refractivity contribution is 0.303. The average molecular weight is 266 g/mol. The molecule has 5 heteroatoms. The molecule has 18 heavy (non-hydrogen) atoms. The molecule has 4 nitrogen and oxygen atoms in total. The van der Waals surface area contributed by atoms with Crippen LogP contribution < -0.4 is 10.5 Å². The average Bonchev–Trinajstić information content (AvgIpc) is 2.56. The third-order valence-corrected chi connectivity index (χ3v) is 3.44. The first kappa shape index (κ1) is 12.8. The number of hydrogen-bond acceptors (Lipinski definition) is 3. The highest BCUT2D eigenvalue weighted by atomic mass is 35.5. The number of aromatic nitrogens is 2. The molecule has 0 aliphatic carbocycles. The van der Waals surface area contributed by atoms with Gasteiger partial charge in [0.15, 0.2) is 0 Å². The summed E-state index contributed by atoms with van der Waals surface area (Å²) in [5, 5.41) is 4.85. The van der Waals surface area contributed by atoms with Crippen molar-refractivity contribution in [1.82, 2.24) is 9.78 Å². The number of aryl methyl sites for hydroxylation is 2. The highest BCUT2D eigenvalue weighted by molar-refractivity contribution is 6.30. The van der Waals surface area contributed by atoms with Crippen molar-refractivity contribution < 1.29 is 4.74 Å². The van der Waals surface area contributed by atoms with Gasteiger partial charge in [0.25, 0.3) is 0 Å². The molecule has 2 aromatic rings. The molecule has 1 aromatic carbocycles. The third kappa shape index (κ3) is 2.29. The van der Waals surface area contributed by atoms with Gasteiger partial charge in [-0.25, -0.2) is 0 Å². The molecule has 1 aromatic heterocycles. The van der Waals surface area contributed by atoms with Crippen LogP contribution in [0.2, 0.25) is 5.15 Å². The number of nitrogens with two attached hydrogens (primary N) is 1. The zero-order valence-corrected chi connectivity index (χ0v) is 11.5. The molecule has 0 bridgehead atoms. The Balaban J connectivity index is 2.19. The predicted octanol–water partition coefficient (Wildman–Crippen LogP) is 2.85. The summed E-state index contributed by atoms with van der Waals surface area (Å²) in [5.41, 5.74) is 9.28. The molecule has 2 rings (SSSR count). The minimum atomic E-state index is 0.392. The maximum Gasteiger partial charge on any atom is 0.133 e. The summed E-state index contributed by atoms with van der Waals surface area (Å²) in [4.78, 5) is 0. The molecule has 0 radical (unpaired) electrons. The van der Waals surface area contributed by atoms with E-state index in [0.717, 1.165) is 28.3 Å². The smallest absolute Gasteiger partial charge is 0.133 e. The first-order valence-electron chi connectivity index (χ1n) is 5.66. The van der Waals surface area contributed by atoms with Gasteiger partial charge in [0.2, 0.25) is 0 Å². The third-order valence-electron chi connectivity index (χ3n) is 2.97. The molecule has 0 saturated carbocycles. The van der Waals surface area contributed by atoms with Gasteiger partial charge in [-0.15, -0.1) is 0 Å². The monoisotopic (exact) mass is 265 g/mol. The van der Waals surface area contributed by atoms with E-state index in [4.69, 9.17) is 22.1 Å². The highest BCUT2D eigenvalue weighted by Gasteiger charge is 2.12. The van der Waals surface area contributed by atoms with Gasteiger partial charge in [-0.2, -0.15) is 5.10 Å². The highest BCUT2D eigenvalue weighted by Crippen LogP contribution is 2.26. The van der Waals surface area contributed by atoms with Crippen LogP contribution in [0.4, 0.5) is 5.69 Å². The Morgan fingerprint density at radius 1 is 1.39 bits per heavy atom. The van der Waals surface area contributed by atoms with Crippen molar-refractivity contribution in [3.63, 3.8) is 0 Å². The molecule has 0 fully saturated rings. The van der Waals surface area contributed by atoms with E-state index in [1.54, 1.807) is 4.68 Å². The lowest BCUT2D eigenvalue weighted by Crippen LogP contribution is -2.00. The van der Waals surface area contributed by atoms with Crippen molar-refractivity contribution >= 4 is 17.3 Å². The molecule has 96 valence electrons. The molecular weight excluding hydrogens is 250 g/mol. The molecule has 2 N–H and O–H groups in total. The Labute approximate surface area is 111 Å². The molecule has 0 amide bonds. The zero-order valence-electron chi connectivity index (χ0n) is 10.7. The largest absolute Gasteiger partial charge is 0.488 e. The molecule has 0 unspecified atom stereocenters. The second kappa shape index (κ2) is 4.90. The number of anilines is 1. The molecule has 0 saturated heterocycles. The molecule has 0 spiro atoms. The van der Waals surface area contributed by atoms with Crippen LogP contribution in [-0.2, 0) is 13.7 Å². The summed E-state index contributed by atoms with van der Waals surface area (Å²) < 4.78 is 7.40. The van der Waals surface area contributed by atoms with Crippen LogP contribution in [0.3, 0.4) is 0 Å². The topological polar surface area (TPSA) is 53.1 Å². The first-order chi connectivity index (χ1) is 8.50. The number of nitrogens with zero attached hydrogens (tertiary/aromatic N) is 2. The Morgan fingerprint density at radius 3 is 2.72 bits per heavy atom. The number of nitrogen functional groups attached to an aromatic ring is 1. The fourth-order valence-electron chi connectivity index (χ4n) is 1.78. The van der Waals surface area contributed by atoms with E-state index in [9.17, 15) is 0 Å². The van der Waals surface area contributed by atoms with Crippen molar-refractivity contribution in [3.05, 3.63) is 40.2 Å². The van der Waals surface area contributed by atoms with Crippen LogP contribution in [0, 0.1) is 13.8 Å². The molecular formula is C13H16ClN3O. The molecule has 0 atom stereocenters. The molecule has 0 aliphatic rings. The fraction of sp³-hybridized carbons (Fsp3) is 0.308. The van der Waals surface area contributed by atoms with Crippen molar-refractivity contribution in [2.75, 3.05) is 5.73 Å². The Kier molecular flexibility index (Phi) is 3.48. The maximum absolute atomic E-state index is 6.15. The standard InChI is InChI=1S/C13H16ClN3O/c1-8-11(15)5-4-6-12(8)18-7-10-9(2)16-17(3)13(10)14/h4-6H,7,15H2,1-3H3. The van der Waals surface area contributed by atoms with E-state index in [1.807, 2.05) is 39.1 Å². The van der Waals surface area contributed by atoms with Gasteiger partial charge in [-0.05, 0) is 26.0 Å². The molecule has 0 aliphatic heterocycles. The van der Waals surface area contributed by atoms with Gasteiger partial charge in [-0.1, -0.05) is 17.7 Å². The fourth-order valence-corrected chi connectivity index (χ4v) is 2.00.